The van der Waals surface area contributed by atoms with Crippen LogP contribution in [0.4, 0.5) is 0 Å². The van der Waals surface area contributed by atoms with Gasteiger partial charge in [0.2, 0.25) is 5.91 Å². The first-order chi connectivity index (χ1) is 12.2. The van der Waals surface area contributed by atoms with Crippen molar-refractivity contribution in [1.82, 2.24) is 14.7 Å². The van der Waals surface area contributed by atoms with Crippen molar-refractivity contribution >= 4 is 16.7 Å². The van der Waals surface area contributed by atoms with Crippen molar-refractivity contribution in [3.8, 4) is 0 Å². The maximum atomic E-state index is 12.6. The van der Waals surface area contributed by atoms with E-state index in [2.05, 4.69) is 17.2 Å². The van der Waals surface area contributed by atoms with Crippen molar-refractivity contribution in [2.24, 2.45) is 0 Å². The van der Waals surface area contributed by atoms with E-state index in [1.54, 1.807) is 12.3 Å². The van der Waals surface area contributed by atoms with Gasteiger partial charge in [-0.1, -0.05) is 48.5 Å². The van der Waals surface area contributed by atoms with Crippen LogP contribution < -0.4 is 5.56 Å². The fourth-order valence-electron chi connectivity index (χ4n) is 3.45. The fourth-order valence-corrected chi connectivity index (χ4v) is 3.45. The molecule has 126 valence electrons. The van der Waals surface area contributed by atoms with E-state index < -0.39 is 0 Å². The highest BCUT2D eigenvalue weighted by Crippen LogP contribution is 2.26. The van der Waals surface area contributed by atoms with Crippen molar-refractivity contribution in [1.29, 1.82) is 0 Å². The summed E-state index contributed by atoms with van der Waals surface area (Å²) in [4.78, 5) is 26.9. The van der Waals surface area contributed by atoms with E-state index in [0.29, 0.717) is 17.8 Å². The Balaban J connectivity index is 1.50. The molecule has 1 aliphatic rings. The number of hydrogen-bond donors (Lipinski definition) is 0. The van der Waals surface area contributed by atoms with Crippen molar-refractivity contribution < 1.29 is 4.79 Å². The summed E-state index contributed by atoms with van der Waals surface area (Å²) in [5.74, 6) is 0.315. The maximum Gasteiger partial charge on any atom is 0.275 e. The van der Waals surface area contributed by atoms with Crippen LogP contribution in [-0.4, -0.2) is 33.7 Å². The summed E-state index contributed by atoms with van der Waals surface area (Å²) in [5.41, 5.74) is 1.05. The summed E-state index contributed by atoms with van der Waals surface area (Å²) < 4.78 is 1.26. The smallest absolute Gasteiger partial charge is 0.275 e. The Kier molecular flexibility index (Phi) is 4.06. The van der Waals surface area contributed by atoms with Crippen LogP contribution in [0.25, 0.3) is 10.8 Å². The lowest BCUT2D eigenvalue weighted by atomic mass is 9.99. The summed E-state index contributed by atoms with van der Waals surface area (Å²) in [6.45, 7) is 1.41. The molecule has 1 aliphatic heterocycles. The predicted octanol–water partition coefficient (Wildman–Crippen LogP) is 2.41. The average Bonchev–Trinajstić information content (AvgIpc) is 3.15. The van der Waals surface area contributed by atoms with E-state index in [1.807, 2.05) is 41.3 Å². The van der Waals surface area contributed by atoms with Crippen LogP contribution in [0.15, 0.2) is 65.6 Å². The van der Waals surface area contributed by atoms with Gasteiger partial charge < -0.3 is 4.90 Å². The van der Waals surface area contributed by atoms with E-state index in [9.17, 15) is 9.59 Å². The summed E-state index contributed by atoms with van der Waals surface area (Å²) in [6.07, 6.45) is 2.59. The van der Waals surface area contributed by atoms with Crippen molar-refractivity contribution in [3.63, 3.8) is 0 Å². The van der Waals surface area contributed by atoms with E-state index in [0.717, 1.165) is 18.4 Å². The second kappa shape index (κ2) is 6.51. The first kappa shape index (κ1) is 15.6. The lowest BCUT2D eigenvalue weighted by Gasteiger charge is -2.17. The maximum absolute atomic E-state index is 12.6. The van der Waals surface area contributed by atoms with Crippen LogP contribution in [0.1, 0.15) is 17.9 Å². The van der Waals surface area contributed by atoms with Gasteiger partial charge in [0.05, 0.1) is 11.6 Å². The van der Waals surface area contributed by atoms with E-state index in [1.165, 1.54) is 10.2 Å². The van der Waals surface area contributed by atoms with Gasteiger partial charge in [-0.2, -0.15) is 5.10 Å². The van der Waals surface area contributed by atoms with Crippen molar-refractivity contribution in [2.45, 2.75) is 18.9 Å². The number of aromatic nitrogens is 2. The molecule has 5 heteroatoms. The Morgan fingerprint density at radius 2 is 1.84 bits per heavy atom. The number of rotatable bonds is 3. The molecule has 0 radical (unpaired) electrons. The fraction of sp³-hybridized carbons (Fsp3) is 0.250. The minimum atomic E-state index is -0.217. The van der Waals surface area contributed by atoms with Gasteiger partial charge in [0.25, 0.3) is 5.56 Å². The Morgan fingerprint density at radius 1 is 1.08 bits per heavy atom. The zero-order chi connectivity index (χ0) is 17.2. The Bertz CT molecular complexity index is 965. The van der Waals surface area contributed by atoms with Crippen molar-refractivity contribution in [3.05, 3.63) is 76.7 Å². The average molecular weight is 333 g/mol. The highest BCUT2D eigenvalue weighted by Gasteiger charge is 2.27. The van der Waals surface area contributed by atoms with Crippen LogP contribution >= 0.6 is 0 Å². The van der Waals surface area contributed by atoms with Gasteiger partial charge in [0.1, 0.15) is 6.54 Å². The Hall–Kier alpha value is -2.95. The summed E-state index contributed by atoms with van der Waals surface area (Å²) in [5, 5.41) is 5.54. The summed E-state index contributed by atoms with van der Waals surface area (Å²) in [7, 11) is 0. The second-order valence-corrected chi connectivity index (χ2v) is 6.43. The number of carbonyl (C=O) groups excluding carboxylic acids is 1. The number of amides is 1. The molecular weight excluding hydrogens is 314 g/mol. The topological polar surface area (TPSA) is 55.2 Å². The predicted molar refractivity (Wildman–Crippen MR) is 96.4 cm³/mol. The third-order valence-corrected chi connectivity index (χ3v) is 4.86. The Labute approximate surface area is 145 Å². The van der Waals surface area contributed by atoms with Gasteiger partial charge in [-0.05, 0) is 18.1 Å². The normalized spacial score (nSPS) is 17.1. The molecule has 0 unspecified atom stereocenters. The molecule has 0 spiro atoms. The third kappa shape index (κ3) is 3.05. The zero-order valence-electron chi connectivity index (χ0n) is 13.8. The molecule has 2 aromatic carbocycles. The summed E-state index contributed by atoms with van der Waals surface area (Å²) in [6, 6.07) is 17.6. The lowest BCUT2D eigenvalue weighted by molar-refractivity contribution is -0.131. The van der Waals surface area contributed by atoms with Gasteiger partial charge in [-0.15, -0.1) is 0 Å². The van der Waals surface area contributed by atoms with Gasteiger partial charge in [0.15, 0.2) is 0 Å². The van der Waals surface area contributed by atoms with Crippen LogP contribution in [-0.2, 0) is 11.3 Å². The quantitative estimate of drug-likeness (QED) is 0.740. The first-order valence-corrected chi connectivity index (χ1v) is 8.50. The number of benzene rings is 2. The molecular formula is C20H19N3O2. The van der Waals surface area contributed by atoms with Crippen LogP contribution in [0, 0.1) is 0 Å². The molecule has 1 atom stereocenters. The van der Waals surface area contributed by atoms with Crippen LogP contribution in [0.5, 0.6) is 0 Å². The molecule has 1 aromatic heterocycles. The number of nitrogens with zero attached hydrogens (tertiary/aromatic N) is 3. The van der Waals surface area contributed by atoms with Gasteiger partial charge >= 0.3 is 0 Å². The third-order valence-electron chi connectivity index (χ3n) is 4.86. The largest absolute Gasteiger partial charge is 0.340 e. The summed E-state index contributed by atoms with van der Waals surface area (Å²) >= 11 is 0. The lowest BCUT2D eigenvalue weighted by Crippen LogP contribution is -2.36. The molecule has 0 bridgehead atoms. The number of carbonyl (C=O) groups is 1. The zero-order valence-corrected chi connectivity index (χ0v) is 13.8. The monoisotopic (exact) mass is 333 g/mol. The molecule has 3 aromatic rings. The molecule has 0 saturated carbocycles. The molecule has 1 fully saturated rings. The second-order valence-electron chi connectivity index (χ2n) is 6.43. The molecule has 0 N–H and O–H groups in total. The van der Waals surface area contributed by atoms with Crippen LogP contribution in [0.2, 0.25) is 0 Å². The number of hydrogen-bond acceptors (Lipinski definition) is 3. The van der Waals surface area contributed by atoms with Crippen LogP contribution in [0.3, 0.4) is 0 Å². The van der Waals surface area contributed by atoms with Gasteiger partial charge in [-0.25, -0.2) is 4.68 Å². The van der Waals surface area contributed by atoms with E-state index in [4.69, 9.17) is 0 Å². The molecule has 0 aliphatic carbocycles. The standard InChI is InChI=1S/C20H19N3O2/c24-19(22-11-10-17(13-22)15-6-2-1-3-7-15)14-23-20(25)18-9-5-4-8-16(18)12-21-23/h1-9,12,17H,10-11,13-14H2/t17-/m1/s1. The molecule has 5 nitrogen and oxygen atoms in total. The molecule has 4 rings (SSSR count). The van der Waals surface area contributed by atoms with Gasteiger partial charge in [0, 0.05) is 24.4 Å². The molecule has 25 heavy (non-hydrogen) atoms. The first-order valence-electron chi connectivity index (χ1n) is 8.50. The van der Waals surface area contributed by atoms with Crippen molar-refractivity contribution in [2.75, 3.05) is 13.1 Å². The minimum absolute atomic E-state index is 0.00875. The molecule has 2 heterocycles. The van der Waals surface area contributed by atoms with E-state index >= 15 is 0 Å². The van der Waals surface area contributed by atoms with E-state index in [-0.39, 0.29) is 18.0 Å². The Morgan fingerprint density at radius 3 is 2.68 bits per heavy atom. The molecule has 1 saturated heterocycles. The molecule has 1 amide bonds. The highest BCUT2D eigenvalue weighted by molar-refractivity contribution is 5.81. The number of fused-ring (bicyclic) bond motifs is 1. The minimum Gasteiger partial charge on any atom is -0.340 e. The SMILES string of the molecule is O=C(Cn1ncc2ccccc2c1=O)N1CC[C@@H](c2ccccc2)C1. The number of likely N-dealkylation sites (tertiary alicyclic amines) is 1. The van der Waals surface area contributed by atoms with Gasteiger partial charge in [-0.3, -0.25) is 9.59 Å². The highest BCUT2D eigenvalue weighted by atomic mass is 16.2.